The van der Waals surface area contributed by atoms with Crippen molar-refractivity contribution in [2.45, 2.75) is 20.4 Å². The lowest BCUT2D eigenvalue weighted by Gasteiger charge is -2.11. The molecule has 0 spiro atoms. The van der Waals surface area contributed by atoms with Gasteiger partial charge in [0.05, 0.1) is 29.5 Å². The summed E-state index contributed by atoms with van der Waals surface area (Å²) in [6.07, 6.45) is 0. The molecule has 1 amide bonds. The Morgan fingerprint density at radius 1 is 1.46 bits per heavy atom. The van der Waals surface area contributed by atoms with Gasteiger partial charge in [-0.25, -0.2) is 4.68 Å². The number of non-ortho nitro benzene ring substituents is 1. The number of rotatable bonds is 5. The maximum Gasteiger partial charge on any atom is 0.285 e. The second-order valence-electron chi connectivity index (χ2n) is 5.35. The predicted octanol–water partition coefficient (Wildman–Crippen LogP) is 1.29. The number of nitrogens with zero attached hydrogens (tertiary/aromatic N) is 4. The number of aryl methyl sites for hydroxylation is 1. The zero-order chi connectivity index (χ0) is 19.4. The van der Waals surface area contributed by atoms with Crippen molar-refractivity contribution in [1.82, 2.24) is 9.78 Å². The van der Waals surface area contributed by atoms with Crippen LogP contribution in [0.2, 0.25) is 0 Å². The first-order valence-corrected chi connectivity index (χ1v) is 7.39. The second-order valence-corrected chi connectivity index (χ2v) is 5.35. The second kappa shape index (κ2) is 7.43. The first-order chi connectivity index (χ1) is 12.3. The lowest BCUT2D eigenvalue weighted by atomic mass is 10.1. The summed E-state index contributed by atoms with van der Waals surface area (Å²) < 4.78 is 5.93. The molecule has 10 heteroatoms. The summed E-state index contributed by atoms with van der Waals surface area (Å²) in [7, 11) is 1.31. The highest BCUT2D eigenvalue weighted by molar-refractivity contribution is 5.92. The number of amides is 1. The third-order valence-electron chi connectivity index (χ3n) is 3.71. The number of nitro groups is 1. The topological polar surface area (TPSA) is 140 Å². The van der Waals surface area contributed by atoms with E-state index >= 15 is 0 Å². The highest BCUT2D eigenvalue weighted by atomic mass is 16.6. The average Bonchev–Trinajstić information content (AvgIpc) is 2.60. The van der Waals surface area contributed by atoms with Crippen LogP contribution in [0.25, 0.3) is 0 Å². The molecule has 1 aromatic heterocycles. The molecule has 0 bridgehead atoms. The van der Waals surface area contributed by atoms with Gasteiger partial charge in [-0.2, -0.15) is 10.4 Å². The van der Waals surface area contributed by atoms with Gasteiger partial charge in [0.2, 0.25) is 5.91 Å². The molecule has 0 saturated heterocycles. The van der Waals surface area contributed by atoms with E-state index in [0.29, 0.717) is 11.3 Å². The van der Waals surface area contributed by atoms with Gasteiger partial charge < -0.3 is 10.1 Å². The van der Waals surface area contributed by atoms with E-state index in [1.54, 1.807) is 13.8 Å². The summed E-state index contributed by atoms with van der Waals surface area (Å²) in [5, 5.41) is 26.4. The lowest BCUT2D eigenvalue weighted by Crippen LogP contribution is -2.32. The number of ether oxygens (including phenoxy) is 1. The molecule has 10 nitrogen and oxygen atoms in total. The quantitative estimate of drug-likeness (QED) is 0.628. The number of carbonyl (C=O) groups is 1. The summed E-state index contributed by atoms with van der Waals surface area (Å²) in [5.41, 5.74) is 0.207. The molecule has 0 saturated carbocycles. The Balaban J connectivity index is 2.28. The number of methoxy groups -OCH3 is 1. The Morgan fingerprint density at radius 3 is 2.73 bits per heavy atom. The van der Waals surface area contributed by atoms with Gasteiger partial charge in [0.25, 0.3) is 11.2 Å². The van der Waals surface area contributed by atoms with Crippen LogP contribution >= 0.6 is 0 Å². The molecule has 0 aliphatic heterocycles. The van der Waals surface area contributed by atoms with Gasteiger partial charge in [-0.05, 0) is 25.5 Å². The molecule has 2 aromatic rings. The van der Waals surface area contributed by atoms with E-state index in [2.05, 4.69) is 10.4 Å². The van der Waals surface area contributed by atoms with Crippen molar-refractivity contribution >= 4 is 17.3 Å². The van der Waals surface area contributed by atoms with Crippen LogP contribution < -0.4 is 15.6 Å². The number of anilines is 1. The smallest absolute Gasteiger partial charge is 0.285 e. The summed E-state index contributed by atoms with van der Waals surface area (Å²) in [4.78, 5) is 34.6. The van der Waals surface area contributed by atoms with Gasteiger partial charge in [0, 0.05) is 6.07 Å². The van der Waals surface area contributed by atoms with E-state index in [-0.39, 0.29) is 22.7 Å². The zero-order valence-corrected chi connectivity index (χ0v) is 14.3. The van der Waals surface area contributed by atoms with Crippen molar-refractivity contribution < 1.29 is 14.5 Å². The summed E-state index contributed by atoms with van der Waals surface area (Å²) >= 11 is 0. The van der Waals surface area contributed by atoms with Crippen LogP contribution in [-0.4, -0.2) is 27.7 Å². The molecule has 0 fully saturated rings. The average molecular weight is 357 g/mol. The number of nitrogens with one attached hydrogen (secondary N) is 1. The van der Waals surface area contributed by atoms with E-state index in [1.165, 1.54) is 25.3 Å². The molecule has 26 heavy (non-hydrogen) atoms. The monoisotopic (exact) mass is 357 g/mol. The predicted molar refractivity (Wildman–Crippen MR) is 91.0 cm³/mol. The summed E-state index contributed by atoms with van der Waals surface area (Å²) in [6.45, 7) is 2.81. The van der Waals surface area contributed by atoms with Gasteiger partial charge in [-0.15, -0.1) is 0 Å². The minimum absolute atomic E-state index is 0.0711. The van der Waals surface area contributed by atoms with Crippen LogP contribution in [-0.2, 0) is 11.3 Å². The molecule has 1 aromatic carbocycles. The van der Waals surface area contributed by atoms with Crippen molar-refractivity contribution in [3.8, 4) is 11.8 Å². The highest BCUT2D eigenvalue weighted by Gasteiger charge is 2.16. The number of aromatic nitrogens is 2. The van der Waals surface area contributed by atoms with Crippen molar-refractivity contribution in [2.24, 2.45) is 0 Å². The van der Waals surface area contributed by atoms with Crippen LogP contribution in [0.4, 0.5) is 11.4 Å². The fraction of sp³-hybridized carbons (Fsp3) is 0.250. The minimum Gasteiger partial charge on any atom is -0.494 e. The maximum atomic E-state index is 12.2. The van der Waals surface area contributed by atoms with Crippen LogP contribution in [0, 0.1) is 35.3 Å². The molecule has 2 rings (SSSR count). The van der Waals surface area contributed by atoms with E-state index in [4.69, 9.17) is 10.00 Å². The fourth-order valence-corrected chi connectivity index (χ4v) is 2.23. The Kier molecular flexibility index (Phi) is 5.32. The van der Waals surface area contributed by atoms with Gasteiger partial charge in [0.15, 0.2) is 0 Å². The number of benzene rings is 1. The normalized spacial score (nSPS) is 10.1. The van der Waals surface area contributed by atoms with Crippen LogP contribution in [0.3, 0.4) is 0 Å². The lowest BCUT2D eigenvalue weighted by molar-refractivity contribution is -0.384. The minimum atomic E-state index is -0.665. The molecule has 134 valence electrons. The molecular weight excluding hydrogens is 342 g/mol. The number of carbonyl (C=O) groups excluding carboxylic acids is 1. The van der Waals surface area contributed by atoms with Gasteiger partial charge in [0.1, 0.15) is 23.9 Å². The SMILES string of the molecule is COc1cc([N+](=O)[O-])ccc1NC(=O)Cn1nc(C)c(C)c(C#N)c1=O. The van der Waals surface area contributed by atoms with Crippen LogP contribution in [0.5, 0.6) is 5.75 Å². The summed E-state index contributed by atoms with van der Waals surface area (Å²) in [5.74, 6) is -0.496. The van der Waals surface area contributed by atoms with E-state index in [1.807, 2.05) is 6.07 Å². The first-order valence-electron chi connectivity index (χ1n) is 7.39. The molecule has 1 N–H and O–H groups in total. The van der Waals surface area contributed by atoms with Crippen molar-refractivity contribution in [3.05, 3.63) is 55.5 Å². The van der Waals surface area contributed by atoms with E-state index in [0.717, 1.165) is 4.68 Å². The van der Waals surface area contributed by atoms with Crippen molar-refractivity contribution in [1.29, 1.82) is 5.26 Å². The van der Waals surface area contributed by atoms with E-state index in [9.17, 15) is 19.7 Å². The molecule has 1 heterocycles. The van der Waals surface area contributed by atoms with Crippen molar-refractivity contribution in [2.75, 3.05) is 12.4 Å². The number of hydrogen-bond acceptors (Lipinski definition) is 7. The third-order valence-corrected chi connectivity index (χ3v) is 3.71. The number of hydrogen-bond donors (Lipinski definition) is 1. The van der Waals surface area contributed by atoms with Crippen LogP contribution in [0.15, 0.2) is 23.0 Å². The fourth-order valence-electron chi connectivity index (χ4n) is 2.23. The maximum absolute atomic E-state index is 12.2. The molecule has 0 atom stereocenters. The van der Waals surface area contributed by atoms with Crippen LogP contribution in [0.1, 0.15) is 16.8 Å². The molecular formula is C16H15N5O5. The Morgan fingerprint density at radius 2 is 2.15 bits per heavy atom. The van der Waals surface area contributed by atoms with Gasteiger partial charge in [-0.3, -0.25) is 19.7 Å². The standard InChI is InChI=1S/C16H15N5O5/c1-9-10(2)19-20(16(23)12(9)7-17)8-15(22)18-13-5-4-11(21(24)25)6-14(13)26-3/h4-6H,8H2,1-3H3,(H,18,22). The zero-order valence-electron chi connectivity index (χ0n) is 14.3. The summed E-state index contributed by atoms with van der Waals surface area (Å²) in [6, 6.07) is 5.52. The molecule has 0 aliphatic rings. The van der Waals surface area contributed by atoms with Gasteiger partial charge in [-0.1, -0.05) is 0 Å². The number of nitriles is 1. The van der Waals surface area contributed by atoms with Crippen molar-refractivity contribution in [3.63, 3.8) is 0 Å². The highest BCUT2D eigenvalue weighted by Crippen LogP contribution is 2.28. The van der Waals surface area contributed by atoms with E-state index < -0.39 is 22.9 Å². The molecule has 0 radical (unpaired) electrons. The largest absolute Gasteiger partial charge is 0.494 e. The molecule has 0 unspecified atom stereocenters. The number of nitro benzene ring substituents is 1. The third kappa shape index (κ3) is 3.67. The molecule has 0 aliphatic carbocycles. The Bertz CT molecular complexity index is 990. The Labute approximate surface area is 147 Å². The van der Waals surface area contributed by atoms with Gasteiger partial charge >= 0.3 is 0 Å². The first kappa shape index (κ1) is 18.6. The Hall–Kier alpha value is -3.74.